The fourth-order valence-electron chi connectivity index (χ4n) is 1.20. The summed E-state index contributed by atoms with van der Waals surface area (Å²) >= 11 is 8.99. The van der Waals surface area contributed by atoms with Crippen LogP contribution in [0.2, 0.25) is 4.34 Å². The summed E-state index contributed by atoms with van der Waals surface area (Å²) in [5.41, 5.74) is 0.396. The number of aromatic amines is 1. The number of halogens is 2. The van der Waals surface area contributed by atoms with Gasteiger partial charge in [0.15, 0.2) is 10.8 Å². The molecule has 5 nitrogen and oxygen atoms in total. The Morgan fingerprint density at radius 3 is 3.00 bits per heavy atom. The second-order valence-electron chi connectivity index (χ2n) is 3.08. The Hall–Kier alpha value is -0.510. The standard InChI is InChI=1S/C9H7ClIN3O2S/c1-16-3-4-6(11)8(15)14-7(13-4)9-12-2-5(10)17-9/h2H,3H2,1H3,(H,13,14,15). The molecule has 0 aliphatic rings. The molecule has 1 N–H and O–H groups in total. The molecule has 2 heterocycles. The van der Waals surface area contributed by atoms with Gasteiger partial charge in [0, 0.05) is 7.11 Å². The maximum Gasteiger partial charge on any atom is 0.265 e. The van der Waals surface area contributed by atoms with E-state index >= 15 is 0 Å². The second kappa shape index (κ2) is 5.42. The first kappa shape index (κ1) is 12.9. The van der Waals surface area contributed by atoms with Gasteiger partial charge in [0.1, 0.15) is 7.91 Å². The highest BCUT2D eigenvalue weighted by Gasteiger charge is 2.12. The topological polar surface area (TPSA) is 67.9 Å². The van der Waals surface area contributed by atoms with Gasteiger partial charge >= 0.3 is 0 Å². The Morgan fingerprint density at radius 2 is 2.41 bits per heavy atom. The molecular formula is C9H7ClIN3O2S. The van der Waals surface area contributed by atoms with Crippen molar-refractivity contribution in [2.24, 2.45) is 0 Å². The van der Waals surface area contributed by atoms with Gasteiger partial charge in [-0.2, -0.15) is 0 Å². The van der Waals surface area contributed by atoms with Crippen molar-refractivity contribution in [1.29, 1.82) is 0 Å². The minimum Gasteiger partial charge on any atom is -0.378 e. The van der Waals surface area contributed by atoms with E-state index < -0.39 is 0 Å². The van der Waals surface area contributed by atoms with Crippen molar-refractivity contribution in [2.45, 2.75) is 6.61 Å². The van der Waals surface area contributed by atoms with Gasteiger partial charge < -0.3 is 9.72 Å². The number of methoxy groups -OCH3 is 1. The van der Waals surface area contributed by atoms with Crippen molar-refractivity contribution >= 4 is 45.5 Å². The van der Waals surface area contributed by atoms with Crippen LogP contribution in [0, 0.1) is 3.57 Å². The van der Waals surface area contributed by atoms with Gasteiger partial charge in [-0.15, -0.1) is 0 Å². The van der Waals surface area contributed by atoms with Crippen LogP contribution < -0.4 is 5.56 Å². The molecule has 0 bridgehead atoms. The molecule has 0 atom stereocenters. The fourth-order valence-corrected chi connectivity index (χ4v) is 2.47. The van der Waals surface area contributed by atoms with Gasteiger partial charge in [0.25, 0.3) is 5.56 Å². The van der Waals surface area contributed by atoms with Crippen molar-refractivity contribution in [2.75, 3.05) is 7.11 Å². The van der Waals surface area contributed by atoms with E-state index in [1.54, 1.807) is 7.11 Å². The zero-order chi connectivity index (χ0) is 12.4. The molecule has 0 saturated heterocycles. The average Bonchev–Trinajstić information content (AvgIpc) is 2.71. The molecule has 0 radical (unpaired) electrons. The highest BCUT2D eigenvalue weighted by Crippen LogP contribution is 2.25. The van der Waals surface area contributed by atoms with Crippen LogP contribution in [0.5, 0.6) is 0 Å². The zero-order valence-electron chi connectivity index (χ0n) is 8.66. The first-order valence-corrected chi connectivity index (χ1v) is 6.78. The van der Waals surface area contributed by atoms with E-state index in [0.717, 1.165) is 0 Å². The number of hydrogen-bond acceptors (Lipinski definition) is 5. The maximum absolute atomic E-state index is 11.7. The van der Waals surface area contributed by atoms with E-state index in [0.29, 0.717) is 24.4 Å². The predicted octanol–water partition coefficient (Wildman–Crippen LogP) is 2.30. The molecule has 17 heavy (non-hydrogen) atoms. The Kier molecular flexibility index (Phi) is 4.13. The lowest BCUT2D eigenvalue weighted by Gasteiger charge is -2.03. The molecule has 2 rings (SSSR count). The lowest BCUT2D eigenvalue weighted by molar-refractivity contribution is 0.180. The molecule has 8 heteroatoms. The van der Waals surface area contributed by atoms with E-state index in [2.05, 4.69) is 15.0 Å². The molecule has 0 amide bonds. The van der Waals surface area contributed by atoms with E-state index in [1.165, 1.54) is 17.5 Å². The van der Waals surface area contributed by atoms with E-state index in [9.17, 15) is 4.79 Å². The molecule has 0 aliphatic carbocycles. The molecule has 0 spiro atoms. The van der Waals surface area contributed by atoms with Gasteiger partial charge in [0.2, 0.25) is 0 Å². The van der Waals surface area contributed by atoms with Gasteiger partial charge in [0.05, 0.1) is 18.5 Å². The van der Waals surface area contributed by atoms with Crippen LogP contribution in [0.1, 0.15) is 5.69 Å². The van der Waals surface area contributed by atoms with Crippen molar-refractivity contribution in [3.05, 3.63) is 30.2 Å². The molecule has 2 aromatic rings. The largest absolute Gasteiger partial charge is 0.378 e. The van der Waals surface area contributed by atoms with Crippen LogP contribution in [0.15, 0.2) is 11.0 Å². The molecule has 0 fully saturated rings. The van der Waals surface area contributed by atoms with Crippen LogP contribution in [0.4, 0.5) is 0 Å². The Labute approximate surface area is 119 Å². The van der Waals surface area contributed by atoms with Crippen molar-refractivity contribution in [3.63, 3.8) is 0 Å². The molecule has 0 aromatic carbocycles. The summed E-state index contributed by atoms with van der Waals surface area (Å²) in [5, 5.41) is 0.584. The van der Waals surface area contributed by atoms with Crippen molar-refractivity contribution in [3.8, 4) is 10.8 Å². The smallest absolute Gasteiger partial charge is 0.265 e. The number of aromatic nitrogens is 3. The number of hydrogen-bond donors (Lipinski definition) is 1. The summed E-state index contributed by atoms with van der Waals surface area (Å²) in [6, 6.07) is 0. The quantitative estimate of drug-likeness (QED) is 0.826. The zero-order valence-corrected chi connectivity index (χ0v) is 12.4. The first-order valence-electron chi connectivity index (χ1n) is 4.51. The molecule has 2 aromatic heterocycles. The van der Waals surface area contributed by atoms with E-state index in [4.69, 9.17) is 16.3 Å². The molecule has 0 saturated carbocycles. The fraction of sp³-hybridized carbons (Fsp3) is 0.222. The summed E-state index contributed by atoms with van der Waals surface area (Å²) in [6.45, 7) is 0.286. The summed E-state index contributed by atoms with van der Waals surface area (Å²) in [6.07, 6.45) is 1.52. The highest BCUT2D eigenvalue weighted by atomic mass is 127. The van der Waals surface area contributed by atoms with Crippen molar-refractivity contribution in [1.82, 2.24) is 15.0 Å². The number of ether oxygens (including phenoxy) is 1. The van der Waals surface area contributed by atoms with Crippen LogP contribution in [0.25, 0.3) is 10.8 Å². The third-order valence-corrected chi connectivity index (χ3v) is 4.13. The SMILES string of the molecule is COCc1nc(-c2ncc(Cl)s2)[nH]c(=O)c1I. The van der Waals surface area contributed by atoms with Crippen molar-refractivity contribution < 1.29 is 4.74 Å². The van der Waals surface area contributed by atoms with E-state index in [-0.39, 0.29) is 12.2 Å². The summed E-state index contributed by atoms with van der Waals surface area (Å²) in [4.78, 5) is 22.7. The number of H-pyrrole nitrogens is 1. The molecular weight excluding hydrogens is 377 g/mol. The lowest BCUT2D eigenvalue weighted by Crippen LogP contribution is -2.16. The first-order chi connectivity index (χ1) is 8.11. The monoisotopic (exact) mass is 383 g/mol. The Bertz CT molecular complexity index is 598. The highest BCUT2D eigenvalue weighted by molar-refractivity contribution is 14.1. The molecule has 0 aliphatic heterocycles. The van der Waals surface area contributed by atoms with Crippen LogP contribution in [-0.2, 0) is 11.3 Å². The predicted molar refractivity (Wildman–Crippen MR) is 74.4 cm³/mol. The van der Waals surface area contributed by atoms with Gasteiger partial charge in [-0.1, -0.05) is 22.9 Å². The Balaban J connectivity index is 2.52. The average molecular weight is 384 g/mol. The van der Waals surface area contributed by atoms with Crippen LogP contribution >= 0.6 is 45.5 Å². The number of nitrogens with zero attached hydrogens (tertiary/aromatic N) is 2. The normalized spacial score (nSPS) is 10.8. The van der Waals surface area contributed by atoms with Gasteiger partial charge in [-0.3, -0.25) is 4.79 Å². The Morgan fingerprint density at radius 1 is 1.65 bits per heavy atom. The maximum atomic E-state index is 11.7. The third-order valence-electron chi connectivity index (χ3n) is 1.89. The number of thiazole rings is 1. The molecule has 0 unspecified atom stereocenters. The summed E-state index contributed by atoms with van der Waals surface area (Å²) in [5.74, 6) is 0.416. The third kappa shape index (κ3) is 2.84. The van der Waals surface area contributed by atoms with Crippen LogP contribution in [-0.4, -0.2) is 22.1 Å². The number of rotatable bonds is 3. The minimum absolute atomic E-state index is 0.200. The van der Waals surface area contributed by atoms with Gasteiger partial charge in [-0.05, 0) is 22.6 Å². The van der Waals surface area contributed by atoms with E-state index in [1.807, 2.05) is 22.6 Å². The second-order valence-corrected chi connectivity index (χ2v) is 5.82. The molecule has 90 valence electrons. The summed E-state index contributed by atoms with van der Waals surface area (Å²) in [7, 11) is 1.55. The number of nitrogens with one attached hydrogen (secondary N) is 1. The minimum atomic E-state index is -0.200. The summed E-state index contributed by atoms with van der Waals surface area (Å²) < 4.78 is 6.07. The van der Waals surface area contributed by atoms with Crippen LogP contribution in [0.3, 0.4) is 0 Å². The van der Waals surface area contributed by atoms with Gasteiger partial charge in [-0.25, -0.2) is 9.97 Å². The lowest BCUT2D eigenvalue weighted by atomic mass is 10.4.